The molecule has 0 aromatic heterocycles. The Morgan fingerprint density at radius 2 is 1.91 bits per heavy atom. The van der Waals surface area contributed by atoms with Crippen LogP contribution < -0.4 is 4.90 Å². The summed E-state index contributed by atoms with van der Waals surface area (Å²) in [6.45, 7) is -0.380. The number of thiocarbonyl (C=S) groups is 1. The van der Waals surface area contributed by atoms with Gasteiger partial charge in [0.15, 0.2) is 0 Å². The number of amides is 1. The van der Waals surface area contributed by atoms with E-state index in [4.69, 9.17) is 12.2 Å². The molecule has 1 aliphatic carbocycles. The standard InChI is InChI=1S/C26H26N2O3S/c29-25(30)16-27-24(32)11-4-6-18(26(27)31)14-17-12-13-23-21(15-17)20-9-5-10-22(20)28(23)19-7-2-1-3-8-19/h1-3,7-8,12-15,20,22H,4-6,9-11,16H2,(H,29,30)/b18-14-. The number of benzene rings is 2. The van der Waals surface area contributed by atoms with E-state index >= 15 is 0 Å². The van der Waals surface area contributed by atoms with Gasteiger partial charge in [0.1, 0.15) is 6.54 Å². The number of carbonyl (C=O) groups excluding carboxylic acids is 1. The van der Waals surface area contributed by atoms with Crippen LogP contribution in [0.4, 0.5) is 11.4 Å². The van der Waals surface area contributed by atoms with Gasteiger partial charge in [-0.2, -0.15) is 0 Å². The van der Waals surface area contributed by atoms with Crippen molar-refractivity contribution in [1.29, 1.82) is 0 Å². The summed E-state index contributed by atoms with van der Waals surface area (Å²) in [5, 5.41) is 9.20. The van der Waals surface area contributed by atoms with Crippen molar-refractivity contribution in [3.63, 3.8) is 0 Å². The van der Waals surface area contributed by atoms with Gasteiger partial charge in [0, 0.05) is 28.9 Å². The largest absolute Gasteiger partial charge is 0.480 e. The number of hydrogen-bond donors (Lipinski definition) is 1. The number of anilines is 2. The molecule has 5 rings (SSSR count). The number of nitrogens with zero attached hydrogens (tertiary/aromatic N) is 2. The quantitative estimate of drug-likeness (QED) is 0.511. The van der Waals surface area contributed by atoms with Gasteiger partial charge in [-0.05, 0) is 73.6 Å². The molecule has 2 heterocycles. The van der Waals surface area contributed by atoms with Crippen LogP contribution in [-0.4, -0.2) is 39.5 Å². The second-order valence-corrected chi connectivity index (χ2v) is 9.30. The topological polar surface area (TPSA) is 60.9 Å². The zero-order chi connectivity index (χ0) is 22.2. The van der Waals surface area contributed by atoms with E-state index in [-0.39, 0.29) is 12.5 Å². The van der Waals surface area contributed by atoms with Crippen LogP contribution in [0.1, 0.15) is 55.6 Å². The lowest BCUT2D eigenvalue weighted by molar-refractivity contribution is -0.140. The molecule has 2 atom stereocenters. The molecule has 0 radical (unpaired) electrons. The molecule has 1 saturated heterocycles. The molecule has 32 heavy (non-hydrogen) atoms. The van der Waals surface area contributed by atoms with Crippen molar-refractivity contribution in [2.24, 2.45) is 0 Å². The van der Waals surface area contributed by atoms with Gasteiger partial charge in [-0.15, -0.1) is 0 Å². The number of fused-ring (bicyclic) bond motifs is 3. The van der Waals surface area contributed by atoms with Crippen LogP contribution in [0.15, 0.2) is 54.1 Å². The van der Waals surface area contributed by atoms with Crippen LogP contribution in [-0.2, 0) is 9.59 Å². The normalized spacial score (nSPS) is 23.9. The minimum Gasteiger partial charge on any atom is -0.480 e. The monoisotopic (exact) mass is 446 g/mol. The van der Waals surface area contributed by atoms with Gasteiger partial charge >= 0.3 is 5.97 Å². The highest BCUT2D eigenvalue weighted by Crippen LogP contribution is 2.52. The molecule has 5 nitrogen and oxygen atoms in total. The summed E-state index contributed by atoms with van der Waals surface area (Å²) in [5.74, 6) is -0.822. The number of hydrogen-bond acceptors (Lipinski definition) is 4. The van der Waals surface area contributed by atoms with E-state index in [0.29, 0.717) is 35.4 Å². The lowest BCUT2D eigenvalue weighted by Crippen LogP contribution is -2.38. The Labute approximate surface area is 193 Å². The van der Waals surface area contributed by atoms with Crippen LogP contribution in [0.3, 0.4) is 0 Å². The lowest BCUT2D eigenvalue weighted by atomic mass is 9.95. The summed E-state index contributed by atoms with van der Waals surface area (Å²) in [6.07, 6.45) is 7.44. The van der Waals surface area contributed by atoms with Crippen molar-refractivity contribution in [2.75, 3.05) is 11.4 Å². The first-order chi connectivity index (χ1) is 15.5. The summed E-state index contributed by atoms with van der Waals surface area (Å²) in [7, 11) is 0. The van der Waals surface area contributed by atoms with Gasteiger partial charge in [0.05, 0.1) is 4.99 Å². The summed E-state index contributed by atoms with van der Waals surface area (Å²) < 4.78 is 0. The maximum absolute atomic E-state index is 13.0. The average Bonchev–Trinajstić information content (AvgIpc) is 3.34. The third-order valence-corrected chi connectivity index (χ3v) is 7.27. The van der Waals surface area contributed by atoms with Gasteiger partial charge < -0.3 is 10.0 Å². The molecule has 1 N–H and O–H groups in total. The molecule has 164 valence electrons. The molecule has 6 heteroatoms. The van der Waals surface area contributed by atoms with Gasteiger partial charge in [0.2, 0.25) is 0 Å². The molecule has 0 bridgehead atoms. The first-order valence-corrected chi connectivity index (χ1v) is 11.7. The Kier molecular flexibility index (Phi) is 5.55. The first kappa shape index (κ1) is 20.9. The number of rotatable bonds is 4. The predicted octanol–water partition coefficient (Wildman–Crippen LogP) is 5.28. The third kappa shape index (κ3) is 3.73. The number of para-hydroxylation sites is 1. The highest BCUT2D eigenvalue weighted by atomic mass is 32.1. The van der Waals surface area contributed by atoms with E-state index in [1.165, 1.54) is 41.1 Å². The molecule has 0 spiro atoms. The van der Waals surface area contributed by atoms with Crippen LogP contribution in [0, 0.1) is 0 Å². The molecular weight excluding hydrogens is 420 g/mol. The van der Waals surface area contributed by atoms with Gasteiger partial charge in [-0.25, -0.2) is 0 Å². The summed E-state index contributed by atoms with van der Waals surface area (Å²) in [5.41, 5.74) is 5.47. The molecule has 1 saturated carbocycles. The molecule has 2 aromatic carbocycles. The van der Waals surface area contributed by atoms with Crippen molar-refractivity contribution in [1.82, 2.24) is 4.90 Å². The van der Waals surface area contributed by atoms with Crippen molar-refractivity contribution in [3.8, 4) is 0 Å². The van der Waals surface area contributed by atoms with Crippen LogP contribution in [0.25, 0.3) is 6.08 Å². The minimum atomic E-state index is -1.05. The Hall–Kier alpha value is -2.99. The van der Waals surface area contributed by atoms with Crippen LogP contribution >= 0.6 is 12.2 Å². The van der Waals surface area contributed by atoms with Gasteiger partial charge in [0.25, 0.3) is 5.91 Å². The fraction of sp³-hybridized carbons (Fsp3) is 0.346. The number of aliphatic carboxylic acids is 1. The number of likely N-dealkylation sites (tertiary alicyclic amines) is 1. The van der Waals surface area contributed by atoms with Gasteiger partial charge in [-0.1, -0.05) is 42.9 Å². The Morgan fingerprint density at radius 1 is 1.09 bits per heavy atom. The molecule has 2 fully saturated rings. The van der Waals surface area contributed by atoms with Crippen molar-refractivity contribution < 1.29 is 14.7 Å². The summed E-state index contributed by atoms with van der Waals surface area (Å²) in [4.78, 5) is 28.4. The third-order valence-electron chi connectivity index (χ3n) is 6.85. The highest BCUT2D eigenvalue weighted by Gasteiger charge is 2.42. The fourth-order valence-electron chi connectivity index (χ4n) is 5.48. The second kappa shape index (κ2) is 8.51. The fourth-order valence-corrected chi connectivity index (χ4v) is 5.77. The summed E-state index contributed by atoms with van der Waals surface area (Å²) >= 11 is 5.31. The molecule has 2 aliphatic heterocycles. The molecule has 2 unspecified atom stereocenters. The Bertz CT molecular complexity index is 1110. The average molecular weight is 447 g/mol. The Balaban J connectivity index is 1.50. The maximum atomic E-state index is 13.0. The van der Waals surface area contributed by atoms with E-state index < -0.39 is 5.97 Å². The van der Waals surface area contributed by atoms with E-state index in [1.807, 2.05) is 12.1 Å². The van der Waals surface area contributed by atoms with E-state index in [2.05, 4.69) is 47.4 Å². The number of carboxylic acids is 1. The zero-order valence-corrected chi connectivity index (χ0v) is 18.7. The van der Waals surface area contributed by atoms with Crippen molar-refractivity contribution in [2.45, 2.75) is 50.5 Å². The van der Waals surface area contributed by atoms with Crippen molar-refractivity contribution in [3.05, 3.63) is 65.2 Å². The molecule has 2 aromatic rings. The minimum absolute atomic E-state index is 0.278. The first-order valence-electron chi connectivity index (χ1n) is 11.3. The predicted molar refractivity (Wildman–Crippen MR) is 129 cm³/mol. The van der Waals surface area contributed by atoms with Crippen LogP contribution in [0.5, 0.6) is 0 Å². The Morgan fingerprint density at radius 3 is 2.69 bits per heavy atom. The lowest BCUT2D eigenvalue weighted by Gasteiger charge is -2.27. The molecule has 3 aliphatic rings. The highest BCUT2D eigenvalue weighted by molar-refractivity contribution is 7.80. The smallest absolute Gasteiger partial charge is 0.323 e. The molecule has 1 amide bonds. The van der Waals surface area contributed by atoms with Crippen molar-refractivity contribution >= 4 is 46.5 Å². The van der Waals surface area contributed by atoms with Crippen LogP contribution in [0.2, 0.25) is 0 Å². The SMILES string of the molecule is O=C(O)CN1C(=O)/C(=C\c2ccc3c(c2)C2CCCC2N3c2ccccc2)CCCC1=S. The number of carbonyl (C=O) groups is 2. The van der Waals surface area contributed by atoms with E-state index in [1.54, 1.807) is 0 Å². The maximum Gasteiger partial charge on any atom is 0.323 e. The van der Waals surface area contributed by atoms with E-state index in [0.717, 1.165) is 12.0 Å². The molecular formula is C26H26N2O3S. The van der Waals surface area contributed by atoms with Gasteiger partial charge in [-0.3, -0.25) is 14.5 Å². The van der Waals surface area contributed by atoms with E-state index in [9.17, 15) is 14.7 Å². The number of carboxylic acid groups (broad SMARTS) is 1. The second-order valence-electron chi connectivity index (χ2n) is 8.83. The zero-order valence-electron chi connectivity index (χ0n) is 17.9. The summed E-state index contributed by atoms with van der Waals surface area (Å²) in [6, 6.07) is 17.5.